The third-order valence-corrected chi connectivity index (χ3v) is 8.82. The highest BCUT2D eigenvalue weighted by Crippen LogP contribution is 2.38. The average molecular weight is 371 g/mol. The quantitative estimate of drug-likeness (QED) is 0.414. The smallest absolute Gasteiger partial charge is 0.0454 e. The Balaban J connectivity index is 1.92. The Hall–Kier alpha value is 0.1000. The standard InChI is InChI=1S/C18H26S4/c1-5-13(3)9-19-15-7-17(21-11-15)18-8-16(12-22-18)20-10-14(4)6-2/h7-8,11-14H,5-6,9-10H2,1-4H3/t13-,14-/m0/s1. The molecule has 122 valence electrons. The van der Waals surface area contributed by atoms with Crippen molar-refractivity contribution in [3.05, 3.63) is 22.9 Å². The molecule has 0 aromatic carbocycles. The lowest BCUT2D eigenvalue weighted by atomic mass is 10.2. The zero-order valence-corrected chi connectivity index (χ0v) is 17.2. The fraction of sp³-hybridized carbons (Fsp3) is 0.556. The molecule has 2 aromatic heterocycles. The second kappa shape index (κ2) is 9.41. The van der Waals surface area contributed by atoms with Gasteiger partial charge in [0, 0.05) is 41.8 Å². The van der Waals surface area contributed by atoms with Crippen LogP contribution in [0.15, 0.2) is 32.7 Å². The Morgan fingerprint density at radius 3 is 1.59 bits per heavy atom. The van der Waals surface area contributed by atoms with Crippen molar-refractivity contribution in [1.82, 2.24) is 0 Å². The second-order valence-corrected chi connectivity index (χ2v) is 9.95. The van der Waals surface area contributed by atoms with Gasteiger partial charge < -0.3 is 0 Å². The molecule has 0 fully saturated rings. The van der Waals surface area contributed by atoms with Crippen LogP contribution in [0.2, 0.25) is 0 Å². The third-order valence-electron chi connectivity index (χ3n) is 3.86. The lowest BCUT2D eigenvalue weighted by Gasteiger charge is -2.05. The minimum Gasteiger partial charge on any atom is -0.142 e. The molecule has 0 spiro atoms. The number of hydrogen-bond donors (Lipinski definition) is 0. The maximum absolute atomic E-state index is 2.37. The molecule has 0 amide bonds. The van der Waals surface area contributed by atoms with Crippen LogP contribution in [0.5, 0.6) is 0 Å². The normalized spacial score (nSPS) is 14.2. The highest BCUT2D eigenvalue weighted by Gasteiger charge is 2.09. The van der Waals surface area contributed by atoms with Crippen LogP contribution < -0.4 is 0 Å². The molecular formula is C18H26S4. The van der Waals surface area contributed by atoms with E-state index < -0.39 is 0 Å². The number of hydrogen-bond acceptors (Lipinski definition) is 4. The van der Waals surface area contributed by atoms with E-state index >= 15 is 0 Å². The lowest BCUT2D eigenvalue weighted by molar-refractivity contribution is 0.637. The minimum atomic E-state index is 0.804. The summed E-state index contributed by atoms with van der Waals surface area (Å²) in [6, 6.07) is 4.74. The highest BCUT2D eigenvalue weighted by molar-refractivity contribution is 7.99. The molecule has 2 aromatic rings. The van der Waals surface area contributed by atoms with Crippen molar-refractivity contribution in [2.75, 3.05) is 11.5 Å². The van der Waals surface area contributed by atoms with Gasteiger partial charge in [-0.3, -0.25) is 0 Å². The summed E-state index contributed by atoms with van der Waals surface area (Å²) < 4.78 is 0. The molecule has 0 saturated heterocycles. The van der Waals surface area contributed by atoms with Crippen molar-refractivity contribution in [1.29, 1.82) is 0 Å². The Kier molecular flexibility index (Phi) is 7.89. The van der Waals surface area contributed by atoms with Gasteiger partial charge in [-0.15, -0.1) is 46.2 Å². The summed E-state index contributed by atoms with van der Waals surface area (Å²) in [5.74, 6) is 4.07. The molecule has 0 unspecified atom stereocenters. The van der Waals surface area contributed by atoms with E-state index in [1.165, 1.54) is 43.9 Å². The van der Waals surface area contributed by atoms with Crippen molar-refractivity contribution >= 4 is 46.2 Å². The van der Waals surface area contributed by atoms with E-state index in [4.69, 9.17) is 0 Å². The largest absolute Gasteiger partial charge is 0.142 e. The minimum absolute atomic E-state index is 0.804. The molecular weight excluding hydrogens is 344 g/mol. The Bertz CT molecular complexity index is 505. The summed E-state index contributed by atoms with van der Waals surface area (Å²) in [5, 5.41) is 4.63. The summed E-state index contributed by atoms with van der Waals surface area (Å²) in [6.07, 6.45) is 2.54. The van der Waals surface area contributed by atoms with E-state index in [1.54, 1.807) is 0 Å². The molecule has 2 rings (SSSR count). The SMILES string of the molecule is CC[C@H](C)CSc1csc(-c2cc(SC[C@@H](C)CC)cs2)c1. The summed E-state index contributed by atoms with van der Waals surface area (Å²) >= 11 is 7.77. The van der Waals surface area contributed by atoms with Gasteiger partial charge in [0.1, 0.15) is 0 Å². The molecule has 4 heteroatoms. The van der Waals surface area contributed by atoms with Crippen LogP contribution in [-0.4, -0.2) is 11.5 Å². The molecule has 0 N–H and O–H groups in total. The van der Waals surface area contributed by atoms with Gasteiger partial charge in [-0.1, -0.05) is 40.5 Å². The zero-order chi connectivity index (χ0) is 15.9. The monoisotopic (exact) mass is 370 g/mol. The molecule has 2 atom stereocenters. The number of thiophene rings is 2. The number of thioether (sulfide) groups is 2. The van der Waals surface area contributed by atoms with E-state index in [2.05, 4.69) is 50.6 Å². The summed E-state index contributed by atoms with van der Waals surface area (Å²) in [6.45, 7) is 9.21. The van der Waals surface area contributed by atoms with Crippen LogP contribution in [0.3, 0.4) is 0 Å². The zero-order valence-electron chi connectivity index (χ0n) is 13.9. The Morgan fingerprint density at radius 2 is 1.23 bits per heavy atom. The van der Waals surface area contributed by atoms with Gasteiger partial charge in [0.05, 0.1) is 0 Å². The molecule has 0 nitrogen and oxygen atoms in total. The van der Waals surface area contributed by atoms with Crippen molar-refractivity contribution < 1.29 is 0 Å². The van der Waals surface area contributed by atoms with Gasteiger partial charge in [-0.2, -0.15) is 0 Å². The fourth-order valence-corrected chi connectivity index (χ4v) is 6.22. The average Bonchev–Trinajstić information content (AvgIpc) is 3.18. The first-order chi connectivity index (χ1) is 10.6. The topological polar surface area (TPSA) is 0 Å². The molecule has 22 heavy (non-hydrogen) atoms. The molecule has 2 heterocycles. The highest BCUT2D eigenvalue weighted by atomic mass is 32.2. The molecule has 0 aliphatic rings. The predicted octanol–water partition coefficient (Wildman–Crippen LogP) is 7.75. The molecule has 0 bridgehead atoms. The summed E-state index contributed by atoms with van der Waals surface area (Å²) in [4.78, 5) is 5.71. The van der Waals surface area contributed by atoms with Gasteiger partial charge in [0.25, 0.3) is 0 Å². The molecule has 0 radical (unpaired) electrons. The second-order valence-electron chi connectivity index (χ2n) is 5.94. The molecule has 0 saturated carbocycles. The van der Waals surface area contributed by atoms with Gasteiger partial charge in [0.2, 0.25) is 0 Å². The van der Waals surface area contributed by atoms with Gasteiger partial charge >= 0.3 is 0 Å². The predicted molar refractivity (Wildman–Crippen MR) is 108 cm³/mol. The van der Waals surface area contributed by atoms with Gasteiger partial charge in [-0.25, -0.2) is 0 Å². The molecule has 0 aliphatic heterocycles. The first-order valence-electron chi connectivity index (χ1n) is 8.05. The van der Waals surface area contributed by atoms with E-state index in [9.17, 15) is 0 Å². The van der Waals surface area contributed by atoms with Crippen LogP contribution in [0.1, 0.15) is 40.5 Å². The van der Waals surface area contributed by atoms with Crippen LogP contribution in [-0.2, 0) is 0 Å². The number of rotatable bonds is 9. The maximum atomic E-state index is 2.37. The van der Waals surface area contributed by atoms with E-state index in [1.807, 2.05) is 46.2 Å². The van der Waals surface area contributed by atoms with Crippen LogP contribution >= 0.6 is 46.2 Å². The van der Waals surface area contributed by atoms with Crippen LogP contribution in [0.4, 0.5) is 0 Å². The van der Waals surface area contributed by atoms with Gasteiger partial charge in [-0.05, 0) is 24.0 Å². The van der Waals surface area contributed by atoms with Crippen LogP contribution in [0.25, 0.3) is 9.75 Å². The van der Waals surface area contributed by atoms with Crippen LogP contribution in [0, 0.1) is 11.8 Å². The van der Waals surface area contributed by atoms with Gasteiger partial charge in [0.15, 0.2) is 0 Å². The Morgan fingerprint density at radius 1 is 0.818 bits per heavy atom. The lowest BCUT2D eigenvalue weighted by Crippen LogP contribution is -1.94. The first-order valence-corrected chi connectivity index (χ1v) is 11.8. The maximum Gasteiger partial charge on any atom is 0.0454 e. The van der Waals surface area contributed by atoms with Crippen molar-refractivity contribution in [2.45, 2.75) is 50.3 Å². The molecule has 0 aliphatic carbocycles. The first kappa shape index (κ1) is 18.4. The van der Waals surface area contributed by atoms with E-state index in [0.29, 0.717) is 0 Å². The van der Waals surface area contributed by atoms with Crippen molar-refractivity contribution in [2.24, 2.45) is 11.8 Å². The summed E-state index contributed by atoms with van der Waals surface area (Å²) in [5.41, 5.74) is 0. The summed E-state index contributed by atoms with van der Waals surface area (Å²) in [7, 11) is 0. The van der Waals surface area contributed by atoms with Crippen molar-refractivity contribution in [3.8, 4) is 9.75 Å². The van der Waals surface area contributed by atoms with Crippen molar-refractivity contribution in [3.63, 3.8) is 0 Å². The Labute approximate surface area is 152 Å². The van der Waals surface area contributed by atoms with E-state index in [-0.39, 0.29) is 0 Å². The fourth-order valence-electron chi connectivity index (χ4n) is 1.76. The van der Waals surface area contributed by atoms with E-state index in [0.717, 1.165) is 11.8 Å². The third kappa shape index (κ3) is 5.63.